The van der Waals surface area contributed by atoms with Gasteiger partial charge in [-0.3, -0.25) is 9.69 Å². The highest BCUT2D eigenvalue weighted by molar-refractivity contribution is 7.90. The van der Waals surface area contributed by atoms with E-state index in [4.69, 9.17) is 9.47 Å². The van der Waals surface area contributed by atoms with Crippen molar-refractivity contribution in [3.63, 3.8) is 0 Å². The molecule has 146 valence electrons. The van der Waals surface area contributed by atoms with Gasteiger partial charge in [-0.1, -0.05) is 18.2 Å². The third kappa shape index (κ3) is 5.70. The van der Waals surface area contributed by atoms with E-state index in [0.29, 0.717) is 18.0 Å². The number of ether oxygens (including phenoxy) is 2. The van der Waals surface area contributed by atoms with Crippen LogP contribution in [0.1, 0.15) is 5.56 Å². The first kappa shape index (κ1) is 20.7. The van der Waals surface area contributed by atoms with Gasteiger partial charge in [-0.15, -0.1) is 0 Å². The molecule has 0 bridgehead atoms. The molecule has 0 heterocycles. The van der Waals surface area contributed by atoms with Gasteiger partial charge in [-0.2, -0.15) is 0 Å². The molecule has 7 nitrogen and oxygen atoms in total. The van der Waals surface area contributed by atoms with Crippen molar-refractivity contribution in [2.24, 2.45) is 0 Å². The van der Waals surface area contributed by atoms with Crippen LogP contribution in [0.3, 0.4) is 0 Å². The number of benzene rings is 2. The number of hydrogen-bond donors (Lipinski definition) is 1. The first-order chi connectivity index (χ1) is 12.7. The maximum absolute atomic E-state index is 12.3. The van der Waals surface area contributed by atoms with Crippen LogP contribution in [0.25, 0.3) is 0 Å². The van der Waals surface area contributed by atoms with E-state index in [9.17, 15) is 13.2 Å². The van der Waals surface area contributed by atoms with E-state index in [-0.39, 0.29) is 23.0 Å². The monoisotopic (exact) mass is 392 g/mol. The molecular weight excluding hydrogens is 368 g/mol. The Morgan fingerprint density at radius 1 is 1.07 bits per heavy atom. The summed E-state index contributed by atoms with van der Waals surface area (Å²) in [5.74, 6) is 0.961. The standard InChI is InChI=1S/C19H24N2O5S/c1-21(12-14-9-10-16(25-2)17(11-14)26-3)13-19(22)20-15-7-5-6-8-18(15)27(4,23)24/h5-11H,12-13H2,1-4H3,(H,20,22). The number of nitrogens with one attached hydrogen (secondary N) is 1. The molecule has 0 atom stereocenters. The summed E-state index contributed by atoms with van der Waals surface area (Å²) >= 11 is 0. The molecule has 0 fully saturated rings. The highest BCUT2D eigenvalue weighted by Gasteiger charge is 2.15. The summed E-state index contributed by atoms with van der Waals surface area (Å²) in [7, 11) is 1.52. The second-order valence-corrected chi connectivity index (χ2v) is 8.16. The van der Waals surface area contributed by atoms with Crippen molar-refractivity contribution in [2.75, 3.05) is 39.4 Å². The number of para-hydroxylation sites is 1. The number of rotatable bonds is 8. The molecule has 1 N–H and O–H groups in total. The highest BCUT2D eigenvalue weighted by atomic mass is 32.2. The van der Waals surface area contributed by atoms with Gasteiger partial charge in [0.25, 0.3) is 0 Å². The third-order valence-corrected chi connectivity index (χ3v) is 5.03. The zero-order valence-corrected chi connectivity index (χ0v) is 16.7. The fourth-order valence-corrected chi connectivity index (χ4v) is 3.52. The summed E-state index contributed by atoms with van der Waals surface area (Å²) in [6.07, 6.45) is 1.11. The smallest absolute Gasteiger partial charge is 0.238 e. The highest BCUT2D eigenvalue weighted by Crippen LogP contribution is 2.28. The maximum atomic E-state index is 12.3. The van der Waals surface area contributed by atoms with Crippen LogP contribution in [0, 0.1) is 0 Å². The van der Waals surface area contributed by atoms with E-state index in [1.54, 1.807) is 39.5 Å². The minimum Gasteiger partial charge on any atom is -0.493 e. The SMILES string of the molecule is COc1ccc(CN(C)CC(=O)Nc2ccccc2S(C)(=O)=O)cc1OC. The van der Waals surface area contributed by atoms with Gasteiger partial charge in [0.2, 0.25) is 5.91 Å². The van der Waals surface area contributed by atoms with Crippen molar-refractivity contribution < 1.29 is 22.7 Å². The van der Waals surface area contributed by atoms with E-state index >= 15 is 0 Å². The second kappa shape index (κ2) is 8.88. The van der Waals surface area contributed by atoms with Gasteiger partial charge in [0.15, 0.2) is 21.3 Å². The van der Waals surface area contributed by atoms with E-state index in [1.165, 1.54) is 6.07 Å². The molecule has 2 aromatic rings. The molecule has 0 radical (unpaired) electrons. The number of methoxy groups -OCH3 is 2. The average Bonchev–Trinajstić information content (AvgIpc) is 2.60. The molecule has 1 amide bonds. The minimum atomic E-state index is -3.42. The first-order valence-corrected chi connectivity index (χ1v) is 10.1. The van der Waals surface area contributed by atoms with Crippen LogP contribution in [0.2, 0.25) is 0 Å². The zero-order valence-electron chi connectivity index (χ0n) is 15.9. The molecule has 8 heteroatoms. The Hall–Kier alpha value is -2.58. The van der Waals surface area contributed by atoms with Gasteiger partial charge in [-0.25, -0.2) is 8.42 Å². The van der Waals surface area contributed by atoms with Crippen LogP contribution < -0.4 is 14.8 Å². The Kier molecular flexibility index (Phi) is 6.81. The summed E-state index contributed by atoms with van der Waals surface area (Å²) < 4.78 is 34.2. The van der Waals surface area contributed by atoms with Crippen LogP contribution >= 0.6 is 0 Å². The third-order valence-electron chi connectivity index (χ3n) is 3.87. The maximum Gasteiger partial charge on any atom is 0.238 e. The van der Waals surface area contributed by atoms with E-state index < -0.39 is 9.84 Å². The van der Waals surface area contributed by atoms with Crippen molar-refractivity contribution in [3.05, 3.63) is 48.0 Å². The predicted molar refractivity (Wildman–Crippen MR) is 104 cm³/mol. The second-order valence-electron chi connectivity index (χ2n) is 6.18. The zero-order chi connectivity index (χ0) is 20.0. The summed E-state index contributed by atoms with van der Waals surface area (Å²) in [6, 6.07) is 11.9. The Morgan fingerprint density at radius 3 is 2.37 bits per heavy atom. The average molecular weight is 392 g/mol. The number of anilines is 1. The van der Waals surface area contributed by atoms with E-state index in [1.807, 2.05) is 23.1 Å². The quantitative estimate of drug-likeness (QED) is 0.741. The topological polar surface area (TPSA) is 84.9 Å². The lowest BCUT2D eigenvalue weighted by atomic mass is 10.2. The van der Waals surface area contributed by atoms with Gasteiger partial charge in [0.1, 0.15) is 0 Å². The molecule has 0 aromatic heterocycles. The fraction of sp³-hybridized carbons (Fsp3) is 0.316. The summed E-state index contributed by atoms with van der Waals surface area (Å²) in [5, 5.41) is 2.67. The first-order valence-electron chi connectivity index (χ1n) is 8.23. The molecule has 0 aliphatic heterocycles. The summed E-state index contributed by atoms with van der Waals surface area (Å²) in [4.78, 5) is 14.2. The van der Waals surface area contributed by atoms with Crippen molar-refractivity contribution in [3.8, 4) is 11.5 Å². The van der Waals surface area contributed by atoms with Crippen LogP contribution in [-0.2, 0) is 21.2 Å². The molecule has 0 spiro atoms. The summed E-state index contributed by atoms with van der Waals surface area (Å²) in [5.41, 5.74) is 1.24. The van der Waals surface area contributed by atoms with Crippen molar-refractivity contribution in [2.45, 2.75) is 11.4 Å². The molecule has 2 rings (SSSR count). The van der Waals surface area contributed by atoms with Crippen molar-refractivity contribution >= 4 is 21.4 Å². The number of sulfone groups is 1. The lowest BCUT2D eigenvalue weighted by Crippen LogP contribution is -2.30. The molecular formula is C19H24N2O5S. The summed E-state index contributed by atoms with van der Waals surface area (Å²) in [6.45, 7) is 0.619. The molecule has 0 unspecified atom stereocenters. The minimum absolute atomic E-state index is 0.0980. The van der Waals surface area contributed by atoms with Crippen LogP contribution in [0.5, 0.6) is 11.5 Å². The van der Waals surface area contributed by atoms with Crippen LogP contribution in [0.15, 0.2) is 47.4 Å². The van der Waals surface area contributed by atoms with E-state index in [0.717, 1.165) is 11.8 Å². The molecule has 0 saturated heterocycles. The Balaban J connectivity index is 2.03. The molecule has 0 saturated carbocycles. The van der Waals surface area contributed by atoms with Crippen molar-refractivity contribution in [1.29, 1.82) is 0 Å². The van der Waals surface area contributed by atoms with Gasteiger partial charge in [-0.05, 0) is 36.9 Å². The molecule has 0 aliphatic rings. The number of amides is 1. The normalized spacial score (nSPS) is 11.3. The molecule has 0 aliphatic carbocycles. The number of hydrogen-bond acceptors (Lipinski definition) is 6. The Labute approximate surface area is 159 Å². The predicted octanol–water partition coefficient (Wildman–Crippen LogP) is 2.18. The van der Waals surface area contributed by atoms with E-state index in [2.05, 4.69) is 5.32 Å². The number of carbonyl (C=O) groups excluding carboxylic acids is 1. The Morgan fingerprint density at radius 2 is 1.74 bits per heavy atom. The number of nitrogens with zero attached hydrogens (tertiary/aromatic N) is 1. The van der Waals surface area contributed by atoms with Gasteiger partial charge < -0.3 is 14.8 Å². The van der Waals surface area contributed by atoms with Gasteiger partial charge in [0, 0.05) is 12.8 Å². The molecule has 2 aromatic carbocycles. The van der Waals surface area contributed by atoms with Crippen LogP contribution in [0.4, 0.5) is 5.69 Å². The van der Waals surface area contributed by atoms with Crippen LogP contribution in [-0.4, -0.2) is 53.3 Å². The number of likely N-dealkylation sites (N-methyl/N-ethyl adjacent to an activating group) is 1. The fourth-order valence-electron chi connectivity index (χ4n) is 2.67. The van der Waals surface area contributed by atoms with Crippen molar-refractivity contribution in [1.82, 2.24) is 4.90 Å². The molecule has 27 heavy (non-hydrogen) atoms. The largest absolute Gasteiger partial charge is 0.493 e. The lowest BCUT2D eigenvalue weighted by Gasteiger charge is -2.18. The Bertz CT molecular complexity index is 912. The van der Waals surface area contributed by atoms with Gasteiger partial charge in [0.05, 0.1) is 31.3 Å². The number of carbonyl (C=O) groups is 1. The lowest BCUT2D eigenvalue weighted by molar-refractivity contribution is -0.117. The van der Waals surface area contributed by atoms with Gasteiger partial charge >= 0.3 is 0 Å².